The highest BCUT2D eigenvalue weighted by Gasteiger charge is 2.41. The quantitative estimate of drug-likeness (QED) is 0.789. The fourth-order valence-corrected chi connectivity index (χ4v) is 4.66. The maximum Gasteiger partial charge on any atom is 0.455 e. The fraction of sp³-hybridized carbons (Fsp3) is 0.619. The van der Waals surface area contributed by atoms with Crippen molar-refractivity contribution in [3.05, 3.63) is 41.3 Å². The van der Waals surface area contributed by atoms with Crippen molar-refractivity contribution in [2.24, 2.45) is 0 Å². The molecule has 2 atom stereocenters. The van der Waals surface area contributed by atoms with Crippen LogP contribution in [-0.2, 0) is 11.6 Å². The zero-order valence-corrected chi connectivity index (χ0v) is 16.7. The van der Waals surface area contributed by atoms with Crippen LogP contribution in [0.25, 0.3) is 0 Å². The lowest BCUT2D eigenvalue weighted by molar-refractivity contribution is -0.146. The Morgan fingerprint density at radius 1 is 1.17 bits per heavy atom. The molecule has 160 valence electrons. The normalized spacial score (nSPS) is 29.6. The number of aryl methyl sites for hydroxylation is 1. The van der Waals surface area contributed by atoms with Gasteiger partial charge >= 0.3 is 6.18 Å². The van der Waals surface area contributed by atoms with Gasteiger partial charge in [0.2, 0.25) is 5.89 Å². The molecule has 0 bridgehead atoms. The number of hydrogen-bond donors (Lipinski definition) is 1. The zero-order valence-electron chi connectivity index (χ0n) is 16.7. The molecule has 0 aromatic carbocycles. The molecule has 2 saturated carbocycles. The van der Waals surface area contributed by atoms with Crippen molar-refractivity contribution < 1.29 is 17.7 Å². The number of nitriles is 1. The smallest absolute Gasteiger partial charge is 0.339 e. The molecule has 4 rings (SSSR count). The first kappa shape index (κ1) is 20.8. The highest BCUT2D eigenvalue weighted by Crippen LogP contribution is 2.40. The average molecular weight is 419 g/mol. The van der Waals surface area contributed by atoms with Crippen LogP contribution >= 0.6 is 0 Å². The average Bonchev–Trinajstić information content (AvgIpc) is 3.39. The number of halogens is 3. The van der Waals surface area contributed by atoms with Crippen LogP contribution < -0.4 is 5.32 Å². The number of aromatic nitrogens is 3. The van der Waals surface area contributed by atoms with Crippen molar-refractivity contribution in [3.63, 3.8) is 0 Å². The van der Waals surface area contributed by atoms with E-state index in [1.54, 1.807) is 6.20 Å². The van der Waals surface area contributed by atoms with Crippen LogP contribution in [0.1, 0.15) is 73.8 Å². The number of alkyl halides is 3. The first-order chi connectivity index (χ1) is 14.3. The Hall–Kier alpha value is -2.47. The van der Waals surface area contributed by atoms with E-state index >= 15 is 0 Å². The molecular formula is C21H24F3N5O. The van der Waals surface area contributed by atoms with Gasteiger partial charge in [-0.1, -0.05) is 11.2 Å². The van der Waals surface area contributed by atoms with Crippen LogP contribution in [0.3, 0.4) is 0 Å². The van der Waals surface area contributed by atoms with Crippen molar-refractivity contribution >= 4 is 0 Å². The molecule has 6 nitrogen and oxygen atoms in total. The SMILES string of the molecule is Cc1ccc(C2(C#N)CCC(N[C@@H]3CC[C@H](c4nc(C(F)(F)F)no4)C3)CC2)nc1. The minimum Gasteiger partial charge on any atom is -0.339 e. The molecule has 2 fully saturated rings. The maximum absolute atomic E-state index is 12.7. The third-order valence-corrected chi connectivity index (χ3v) is 6.40. The third-order valence-electron chi connectivity index (χ3n) is 6.40. The number of rotatable bonds is 4. The van der Waals surface area contributed by atoms with Crippen LogP contribution in [0.4, 0.5) is 13.2 Å². The summed E-state index contributed by atoms with van der Waals surface area (Å²) >= 11 is 0. The first-order valence-corrected chi connectivity index (χ1v) is 10.3. The Bertz CT molecular complexity index is 910. The van der Waals surface area contributed by atoms with E-state index in [1.165, 1.54) is 0 Å². The van der Waals surface area contributed by atoms with Gasteiger partial charge in [0, 0.05) is 24.2 Å². The standard InChI is InChI=1S/C21H24F3N5O/c1-13-2-5-17(26-11-13)20(12-25)8-6-15(7-9-20)27-16-4-3-14(10-16)18-28-19(29-30-18)21(22,23)24/h2,5,11,14-16,27H,3-4,6-10H2,1H3/t14-,15?,16+,20?/m0/s1. The highest BCUT2D eigenvalue weighted by atomic mass is 19.4. The Morgan fingerprint density at radius 2 is 1.93 bits per heavy atom. The molecule has 0 saturated heterocycles. The second-order valence-electron chi connectivity index (χ2n) is 8.52. The Labute approximate surface area is 172 Å². The number of hydrogen-bond acceptors (Lipinski definition) is 6. The lowest BCUT2D eigenvalue weighted by Crippen LogP contribution is -2.43. The number of nitrogens with one attached hydrogen (secondary N) is 1. The van der Waals surface area contributed by atoms with Gasteiger partial charge in [0.25, 0.3) is 5.82 Å². The van der Waals surface area contributed by atoms with Gasteiger partial charge in [0.1, 0.15) is 0 Å². The first-order valence-electron chi connectivity index (χ1n) is 10.3. The second-order valence-corrected chi connectivity index (χ2v) is 8.52. The van der Waals surface area contributed by atoms with Crippen molar-refractivity contribution in [1.29, 1.82) is 5.26 Å². The zero-order chi connectivity index (χ0) is 21.4. The predicted molar refractivity (Wildman–Crippen MR) is 101 cm³/mol. The van der Waals surface area contributed by atoms with Gasteiger partial charge in [-0.2, -0.15) is 23.4 Å². The molecule has 2 aromatic heterocycles. The van der Waals surface area contributed by atoms with E-state index in [0.29, 0.717) is 6.42 Å². The largest absolute Gasteiger partial charge is 0.455 e. The van der Waals surface area contributed by atoms with Gasteiger partial charge in [0.05, 0.1) is 17.2 Å². The summed E-state index contributed by atoms with van der Waals surface area (Å²) in [5.74, 6) is -1.28. The van der Waals surface area contributed by atoms with E-state index in [2.05, 4.69) is 26.5 Å². The summed E-state index contributed by atoms with van der Waals surface area (Å²) in [5, 5.41) is 16.5. The molecule has 1 N–H and O–H groups in total. The van der Waals surface area contributed by atoms with Crippen LogP contribution in [-0.4, -0.2) is 27.2 Å². The number of nitrogens with zero attached hydrogens (tertiary/aromatic N) is 4. The van der Waals surface area contributed by atoms with E-state index < -0.39 is 17.4 Å². The monoisotopic (exact) mass is 419 g/mol. The lowest BCUT2D eigenvalue weighted by Gasteiger charge is -2.36. The number of pyridine rings is 1. The summed E-state index contributed by atoms with van der Waals surface area (Å²) in [6, 6.07) is 6.93. The summed E-state index contributed by atoms with van der Waals surface area (Å²) in [6.07, 6.45) is 2.69. The molecule has 2 heterocycles. The Balaban J connectivity index is 1.32. The molecule has 30 heavy (non-hydrogen) atoms. The van der Waals surface area contributed by atoms with E-state index in [-0.39, 0.29) is 23.9 Å². The molecule has 0 amide bonds. The Kier molecular flexibility index (Phi) is 5.53. The van der Waals surface area contributed by atoms with Crippen molar-refractivity contribution in [2.75, 3.05) is 0 Å². The summed E-state index contributed by atoms with van der Waals surface area (Å²) in [5.41, 5.74) is 1.37. The van der Waals surface area contributed by atoms with Crippen LogP contribution in [0, 0.1) is 18.3 Å². The van der Waals surface area contributed by atoms with E-state index in [0.717, 1.165) is 49.8 Å². The van der Waals surface area contributed by atoms with Crippen molar-refractivity contribution in [1.82, 2.24) is 20.4 Å². The van der Waals surface area contributed by atoms with Gasteiger partial charge in [0.15, 0.2) is 0 Å². The molecule has 2 aliphatic carbocycles. The molecule has 2 aliphatic rings. The topological polar surface area (TPSA) is 87.6 Å². The molecule has 0 unspecified atom stereocenters. The summed E-state index contributed by atoms with van der Waals surface area (Å²) in [6.45, 7) is 1.98. The van der Waals surface area contributed by atoms with Crippen LogP contribution in [0.2, 0.25) is 0 Å². The van der Waals surface area contributed by atoms with Gasteiger partial charge in [-0.3, -0.25) is 4.98 Å². The minimum atomic E-state index is -4.58. The van der Waals surface area contributed by atoms with Crippen molar-refractivity contribution in [3.8, 4) is 6.07 Å². The van der Waals surface area contributed by atoms with E-state index in [1.807, 2.05) is 19.1 Å². The van der Waals surface area contributed by atoms with E-state index in [9.17, 15) is 18.4 Å². The predicted octanol–water partition coefficient (Wildman–Crippen LogP) is 4.42. The summed E-state index contributed by atoms with van der Waals surface area (Å²) in [4.78, 5) is 8.03. The van der Waals surface area contributed by atoms with Gasteiger partial charge in [-0.15, -0.1) is 0 Å². The molecular weight excluding hydrogens is 395 g/mol. The minimum absolute atomic E-state index is 0.0733. The second kappa shape index (κ2) is 7.99. The molecule has 9 heteroatoms. The van der Waals surface area contributed by atoms with Crippen molar-refractivity contribution in [2.45, 2.75) is 81.5 Å². The Morgan fingerprint density at radius 3 is 2.53 bits per heavy atom. The van der Waals surface area contributed by atoms with Crippen LogP contribution in [0.5, 0.6) is 0 Å². The maximum atomic E-state index is 12.7. The van der Waals surface area contributed by atoms with Gasteiger partial charge < -0.3 is 9.84 Å². The molecule has 0 radical (unpaired) electrons. The van der Waals surface area contributed by atoms with E-state index in [4.69, 9.17) is 4.52 Å². The third kappa shape index (κ3) is 4.19. The van der Waals surface area contributed by atoms with Gasteiger partial charge in [-0.05, 0) is 63.5 Å². The summed E-state index contributed by atoms with van der Waals surface area (Å²) < 4.78 is 42.9. The molecule has 2 aromatic rings. The summed E-state index contributed by atoms with van der Waals surface area (Å²) in [7, 11) is 0. The molecule has 0 spiro atoms. The molecule has 0 aliphatic heterocycles. The fourth-order valence-electron chi connectivity index (χ4n) is 4.66. The lowest BCUT2D eigenvalue weighted by atomic mass is 9.71. The highest BCUT2D eigenvalue weighted by molar-refractivity contribution is 5.29. The van der Waals surface area contributed by atoms with Gasteiger partial charge in [-0.25, -0.2) is 0 Å². The van der Waals surface area contributed by atoms with Crippen LogP contribution in [0.15, 0.2) is 22.9 Å².